The summed E-state index contributed by atoms with van der Waals surface area (Å²) in [5.74, 6) is 1.28. The van der Waals surface area contributed by atoms with Crippen LogP contribution in [-0.4, -0.2) is 17.3 Å². The van der Waals surface area contributed by atoms with E-state index in [1.54, 1.807) is 6.20 Å². The fraction of sp³-hybridized carbons (Fsp3) is 0.357. The predicted molar refractivity (Wildman–Crippen MR) is 131 cm³/mol. The Morgan fingerprint density at radius 3 is 2.59 bits per heavy atom. The zero-order valence-corrected chi connectivity index (χ0v) is 19.3. The molecule has 2 aromatic carbocycles. The Morgan fingerprint density at radius 1 is 0.938 bits per heavy atom. The van der Waals surface area contributed by atoms with E-state index >= 15 is 0 Å². The molecule has 0 aliphatic rings. The number of carbonyl (C=O) groups excluding carboxylic acids is 1. The number of benzene rings is 2. The number of nitrogens with zero attached hydrogens (tertiary/aromatic N) is 1. The minimum Gasteiger partial charge on any atom is -0.489 e. The van der Waals surface area contributed by atoms with Crippen molar-refractivity contribution in [3.63, 3.8) is 0 Å². The van der Waals surface area contributed by atoms with E-state index in [-0.39, 0.29) is 5.78 Å². The number of aryl methyl sites for hydroxylation is 1. The lowest BCUT2D eigenvalue weighted by atomic mass is 10.0. The molecule has 32 heavy (non-hydrogen) atoms. The van der Waals surface area contributed by atoms with E-state index in [1.807, 2.05) is 48.5 Å². The summed E-state index contributed by atoms with van der Waals surface area (Å²) < 4.78 is 5.97. The summed E-state index contributed by atoms with van der Waals surface area (Å²) in [6, 6.07) is 19.2. The van der Waals surface area contributed by atoms with Gasteiger partial charge in [-0.15, -0.1) is 0 Å². The second-order valence-corrected chi connectivity index (χ2v) is 8.17. The molecule has 0 unspecified atom stereocenters. The molecule has 0 saturated heterocycles. The minimum absolute atomic E-state index is 0.0510. The maximum atomic E-state index is 13.2. The van der Waals surface area contributed by atoms with Crippen LogP contribution in [0.4, 0.5) is 5.82 Å². The second kappa shape index (κ2) is 12.7. The fourth-order valence-corrected chi connectivity index (χ4v) is 3.66. The molecule has 168 valence electrons. The van der Waals surface area contributed by atoms with Gasteiger partial charge in [-0.1, -0.05) is 75.4 Å². The first-order valence-corrected chi connectivity index (χ1v) is 11.7. The number of hydrogen-bond donors (Lipinski definition) is 1. The normalized spacial score (nSPS) is 10.7. The molecule has 0 spiro atoms. The van der Waals surface area contributed by atoms with Gasteiger partial charge < -0.3 is 10.1 Å². The van der Waals surface area contributed by atoms with Gasteiger partial charge in [-0.05, 0) is 48.7 Å². The van der Waals surface area contributed by atoms with Gasteiger partial charge in [-0.25, -0.2) is 4.98 Å². The zero-order valence-electron chi connectivity index (χ0n) is 19.3. The Bertz CT molecular complexity index is 1000. The molecule has 0 radical (unpaired) electrons. The van der Waals surface area contributed by atoms with Crippen LogP contribution in [0.2, 0.25) is 0 Å². The Hall–Kier alpha value is -3.14. The van der Waals surface area contributed by atoms with Crippen molar-refractivity contribution in [2.45, 2.75) is 59.0 Å². The minimum atomic E-state index is -0.0510. The number of pyridine rings is 1. The standard InChI is InChI=1S/C28H34N2O2/c1-3-4-5-6-7-10-18-29-28-26(17-12-19-30-28)27(31)23-15-11-16-25(20-23)32-21-24-14-9-8-13-22(24)2/h8-9,11-17,19-20H,3-7,10,18,21H2,1-2H3,(H,29,30). The molecular weight excluding hydrogens is 396 g/mol. The molecule has 3 rings (SSSR count). The smallest absolute Gasteiger partial charge is 0.196 e. The number of rotatable bonds is 13. The maximum absolute atomic E-state index is 13.2. The lowest BCUT2D eigenvalue weighted by Gasteiger charge is -2.12. The van der Waals surface area contributed by atoms with E-state index in [4.69, 9.17) is 4.74 Å². The molecule has 0 aliphatic heterocycles. The van der Waals surface area contributed by atoms with Crippen LogP contribution in [0, 0.1) is 6.92 Å². The van der Waals surface area contributed by atoms with Crippen molar-refractivity contribution in [3.05, 3.63) is 89.1 Å². The van der Waals surface area contributed by atoms with Gasteiger partial charge in [0.2, 0.25) is 0 Å². The number of nitrogens with one attached hydrogen (secondary N) is 1. The molecule has 0 fully saturated rings. The molecule has 1 heterocycles. The third kappa shape index (κ3) is 6.94. The topological polar surface area (TPSA) is 51.2 Å². The summed E-state index contributed by atoms with van der Waals surface area (Å²) in [6.07, 6.45) is 9.13. The van der Waals surface area contributed by atoms with Crippen LogP contribution in [0.5, 0.6) is 5.75 Å². The Morgan fingerprint density at radius 2 is 1.75 bits per heavy atom. The monoisotopic (exact) mass is 430 g/mol. The zero-order chi connectivity index (χ0) is 22.6. The molecule has 0 aliphatic carbocycles. The van der Waals surface area contributed by atoms with Crippen LogP contribution in [-0.2, 0) is 6.61 Å². The molecule has 1 aromatic heterocycles. The highest BCUT2D eigenvalue weighted by atomic mass is 16.5. The molecule has 0 atom stereocenters. The van der Waals surface area contributed by atoms with Crippen LogP contribution in [0.3, 0.4) is 0 Å². The SMILES string of the molecule is CCCCCCCCNc1ncccc1C(=O)c1cccc(OCc2ccccc2C)c1. The van der Waals surface area contributed by atoms with Crippen LogP contribution in [0.15, 0.2) is 66.9 Å². The van der Waals surface area contributed by atoms with Crippen LogP contribution < -0.4 is 10.1 Å². The third-order valence-corrected chi connectivity index (χ3v) is 5.63. The van der Waals surface area contributed by atoms with E-state index in [0.29, 0.717) is 29.3 Å². The predicted octanol–water partition coefficient (Wildman–Crippen LogP) is 6.97. The summed E-state index contributed by atoms with van der Waals surface area (Å²) in [5, 5.41) is 3.36. The van der Waals surface area contributed by atoms with Crippen molar-refractivity contribution in [2.75, 3.05) is 11.9 Å². The van der Waals surface area contributed by atoms with Crippen molar-refractivity contribution in [2.24, 2.45) is 0 Å². The van der Waals surface area contributed by atoms with Crippen LogP contribution >= 0.6 is 0 Å². The fourth-order valence-electron chi connectivity index (χ4n) is 3.66. The van der Waals surface area contributed by atoms with Crippen molar-refractivity contribution in [1.82, 2.24) is 4.98 Å². The van der Waals surface area contributed by atoms with E-state index in [9.17, 15) is 4.79 Å². The first-order valence-electron chi connectivity index (χ1n) is 11.7. The number of aromatic nitrogens is 1. The number of hydrogen-bond acceptors (Lipinski definition) is 4. The quantitative estimate of drug-likeness (QED) is 0.235. The van der Waals surface area contributed by atoms with Gasteiger partial charge in [0.25, 0.3) is 0 Å². The third-order valence-electron chi connectivity index (χ3n) is 5.63. The summed E-state index contributed by atoms with van der Waals surface area (Å²) in [4.78, 5) is 17.6. The van der Waals surface area contributed by atoms with Gasteiger partial charge >= 0.3 is 0 Å². The van der Waals surface area contributed by atoms with Crippen LogP contribution in [0.1, 0.15) is 72.5 Å². The molecule has 0 bridgehead atoms. The molecule has 1 N–H and O–H groups in total. The first kappa shape index (κ1) is 23.5. The molecular formula is C28H34N2O2. The lowest BCUT2D eigenvalue weighted by molar-refractivity contribution is 0.103. The number of anilines is 1. The molecule has 3 aromatic rings. The number of ether oxygens (including phenoxy) is 1. The van der Waals surface area contributed by atoms with Gasteiger partial charge in [-0.3, -0.25) is 4.79 Å². The molecule has 0 amide bonds. The number of ketones is 1. The van der Waals surface area contributed by atoms with E-state index < -0.39 is 0 Å². The highest BCUT2D eigenvalue weighted by Gasteiger charge is 2.15. The van der Waals surface area contributed by atoms with Crippen molar-refractivity contribution in [3.8, 4) is 5.75 Å². The van der Waals surface area contributed by atoms with Gasteiger partial charge in [0.15, 0.2) is 5.78 Å². The van der Waals surface area contributed by atoms with Gasteiger partial charge in [0.1, 0.15) is 18.2 Å². The number of unbranched alkanes of at least 4 members (excludes halogenated alkanes) is 5. The van der Waals surface area contributed by atoms with Crippen molar-refractivity contribution in [1.29, 1.82) is 0 Å². The van der Waals surface area contributed by atoms with Crippen molar-refractivity contribution >= 4 is 11.6 Å². The molecule has 0 saturated carbocycles. The Labute approximate surface area is 192 Å². The summed E-state index contributed by atoms with van der Waals surface area (Å²) in [6.45, 7) is 5.60. The summed E-state index contributed by atoms with van der Waals surface area (Å²) in [7, 11) is 0. The average molecular weight is 431 g/mol. The van der Waals surface area contributed by atoms with Crippen molar-refractivity contribution < 1.29 is 9.53 Å². The Kier molecular flexibility index (Phi) is 9.30. The first-order chi connectivity index (χ1) is 15.7. The highest BCUT2D eigenvalue weighted by molar-refractivity contribution is 6.12. The van der Waals surface area contributed by atoms with Gasteiger partial charge in [-0.2, -0.15) is 0 Å². The van der Waals surface area contributed by atoms with E-state index in [1.165, 1.54) is 37.7 Å². The molecule has 4 nitrogen and oxygen atoms in total. The van der Waals surface area contributed by atoms with Gasteiger partial charge in [0.05, 0.1) is 5.56 Å². The lowest BCUT2D eigenvalue weighted by Crippen LogP contribution is -2.11. The Balaban J connectivity index is 1.61. The largest absolute Gasteiger partial charge is 0.489 e. The summed E-state index contributed by atoms with van der Waals surface area (Å²) in [5.41, 5.74) is 3.52. The van der Waals surface area contributed by atoms with Crippen LogP contribution in [0.25, 0.3) is 0 Å². The second-order valence-electron chi connectivity index (χ2n) is 8.17. The van der Waals surface area contributed by atoms with Gasteiger partial charge in [0, 0.05) is 18.3 Å². The van der Waals surface area contributed by atoms with E-state index in [0.717, 1.165) is 18.5 Å². The maximum Gasteiger partial charge on any atom is 0.196 e. The number of carbonyl (C=O) groups is 1. The van der Waals surface area contributed by atoms with E-state index in [2.05, 4.69) is 36.3 Å². The molecule has 4 heteroatoms. The highest BCUT2D eigenvalue weighted by Crippen LogP contribution is 2.22. The average Bonchev–Trinajstić information content (AvgIpc) is 2.83. The summed E-state index contributed by atoms with van der Waals surface area (Å²) >= 11 is 0.